The molecule has 3 aromatic rings. The summed E-state index contributed by atoms with van der Waals surface area (Å²) in [6, 6.07) is 15.8. The molecular formula is C24H28N4O4. The van der Waals surface area contributed by atoms with Crippen molar-refractivity contribution in [1.29, 1.82) is 0 Å². The summed E-state index contributed by atoms with van der Waals surface area (Å²) in [5.74, 6) is -0.417. The molecule has 0 unspecified atom stereocenters. The maximum absolute atomic E-state index is 13.1. The normalized spacial score (nSPS) is 11.0. The average Bonchev–Trinajstić information content (AvgIpc) is 2.76. The lowest BCUT2D eigenvalue weighted by molar-refractivity contribution is -0.121. The van der Waals surface area contributed by atoms with E-state index in [9.17, 15) is 19.2 Å². The number of para-hydroxylation sites is 2. The van der Waals surface area contributed by atoms with Crippen LogP contribution in [0.15, 0.2) is 64.2 Å². The van der Waals surface area contributed by atoms with Crippen LogP contribution in [0.4, 0.5) is 5.69 Å². The van der Waals surface area contributed by atoms with Crippen molar-refractivity contribution in [2.24, 2.45) is 0 Å². The number of anilines is 1. The van der Waals surface area contributed by atoms with Crippen molar-refractivity contribution in [2.75, 3.05) is 5.32 Å². The molecule has 2 N–H and O–H groups in total. The number of nitrogens with one attached hydrogen (secondary N) is 2. The summed E-state index contributed by atoms with van der Waals surface area (Å²) >= 11 is 0. The van der Waals surface area contributed by atoms with E-state index < -0.39 is 11.2 Å². The van der Waals surface area contributed by atoms with Gasteiger partial charge < -0.3 is 10.6 Å². The van der Waals surface area contributed by atoms with Crippen LogP contribution < -0.4 is 21.9 Å². The first kappa shape index (κ1) is 23.0. The summed E-state index contributed by atoms with van der Waals surface area (Å²) < 4.78 is 2.47. The van der Waals surface area contributed by atoms with Crippen LogP contribution in [0.25, 0.3) is 10.9 Å². The van der Waals surface area contributed by atoms with E-state index in [-0.39, 0.29) is 30.9 Å². The molecule has 0 aliphatic rings. The monoisotopic (exact) mass is 436 g/mol. The molecule has 0 fully saturated rings. The Morgan fingerprint density at radius 3 is 2.28 bits per heavy atom. The van der Waals surface area contributed by atoms with E-state index in [4.69, 9.17) is 0 Å². The second-order valence-electron chi connectivity index (χ2n) is 7.94. The van der Waals surface area contributed by atoms with Gasteiger partial charge in [-0.05, 0) is 51.0 Å². The average molecular weight is 437 g/mol. The van der Waals surface area contributed by atoms with E-state index in [0.29, 0.717) is 35.9 Å². The Balaban J connectivity index is 1.82. The first-order valence-electron chi connectivity index (χ1n) is 10.7. The topological polar surface area (TPSA) is 102 Å². The predicted molar refractivity (Wildman–Crippen MR) is 125 cm³/mol. The highest BCUT2D eigenvalue weighted by atomic mass is 16.2. The summed E-state index contributed by atoms with van der Waals surface area (Å²) in [7, 11) is 0. The molecule has 32 heavy (non-hydrogen) atoms. The number of aromatic nitrogens is 2. The standard InChI is InChI=1S/C24H28N4O4/c1-17(2)25-21(29)14-8-9-15-27-23(31)19-12-6-7-13-20(19)28(24(27)32)16-22(30)26-18-10-4-3-5-11-18/h3-7,10-13,17H,8-9,14-16H2,1-2H3,(H,25,29)(H,26,30). The molecule has 3 rings (SSSR count). The molecule has 8 nitrogen and oxygen atoms in total. The molecule has 1 aromatic heterocycles. The van der Waals surface area contributed by atoms with Gasteiger partial charge in [-0.2, -0.15) is 0 Å². The van der Waals surface area contributed by atoms with Crippen LogP contribution in [-0.4, -0.2) is 27.0 Å². The van der Waals surface area contributed by atoms with Gasteiger partial charge in [-0.1, -0.05) is 30.3 Å². The van der Waals surface area contributed by atoms with Gasteiger partial charge in [0.2, 0.25) is 11.8 Å². The van der Waals surface area contributed by atoms with Gasteiger partial charge in [-0.3, -0.25) is 23.5 Å². The fourth-order valence-electron chi connectivity index (χ4n) is 3.54. The minimum atomic E-state index is -0.538. The summed E-state index contributed by atoms with van der Waals surface area (Å²) in [6.07, 6.45) is 1.37. The van der Waals surface area contributed by atoms with Crippen LogP contribution in [0.5, 0.6) is 0 Å². The number of benzene rings is 2. The fraction of sp³-hybridized carbons (Fsp3) is 0.333. The Morgan fingerprint density at radius 2 is 1.56 bits per heavy atom. The fourth-order valence-corrected chi connectivity index (χ4v) is 3.54. The molecule has 2 amide bonds. The minimum Gasteiger partial charge on any atom is -0.354 e. The van der Waals surface area contributed by atoms with E-state index >= 15 is 0 Å². The first-order valence-corrected chi connectivity index (χ1v) is 10.7. The van der Waals surface area contributed by atoms with Crippen LogP contribution in [-0.2, 0) is 22.7 Å². The van der Waals surface area contributed by atoms with Crippen molar-refractivity contribution >= 4 is 28.4 Å². The molecule has 168 valence electrons. The molecule has 1 heterocycles. The van der Waals surface area contributed by atoms with Crippen molar-refractivity contribution in [1.82, 2.24) is 14.5 Å². The lowest BCUT2D eigenvalue weighted by atomic mass is 10.2. The smallest absolute Gasteiger partial charge is 0.331 e. The highest BCUT2D eigenvalue weighted by molar-refractivity contribution is 5.91. The second-order valence-corrected chi connectivity index (χ2v) is 7.94. The largest absolute Gasteiger partial charge is 0.354 e. The van der Waals surface area contributed by atoms with Crippen molar-refractivity contribution in [2.45, 2.75) is 52.2 Å². The maximum Gasteiger partial charge on any atom is 0.331 e. The number of hydrogen-bond acceptors (Lipinski definition) is 4. The Bertz CT molecular complexity index is 1210. The molecule has 0 spiro atoms. The molecule has 0 bridgehead atoms. The third-order valence-electron chi connectivity index (χ3n) is 4.98. The van der Waals surface area contributed by atoms with Gasteiger partial charge >= 0.3 is 5.69 Å². The zero-order valence-corrected chi connectivity index (χ0v) is 18.3. The van der Waals surface area contributed by atoms with Crippen molar-refractivity contribution < 1.29 is 9.59 Å². The number of hydrogen-bond donors (Lipinski definition) is 2. The molecule has 0 aliphatic carbocycles. The molecule has 0 aliphatic heterocycles. The molecule has 0 saturated heterocycles. The van der Waals surface area contributed by atoms with Gasteiger partial charge in [-0.25, -0.2) is 4.79 Å². The molecular weight excluding hydrogens is 408 g/mol. The summed E-state index contributed by atoms with van der Waals surface area (Å²) in [5, 5.41) is 5.96. The lowest BCUT2D eigenvalue weighted by Crippen LogP contribution is -2.41. The molecule has 2 aromatic carbocycles. The van der Waals surface area contributed by atoms with Crippen LogP contribution in [0.1, 0.15) is 33.1 Å². The maximum atomic E-state index is 13.1. The third-order valence-corrected chi connectivity index (χ3v) is 4.98. The minimum absolute atomic E-state index is 0.0548. The van der Waals surface area contributed by atoms with Gasteiger partial charge in [0, 0.05) is 24.7 Å². The van der Waals surface area contributed by atoms with Gasteiger partial charge in [0.05, 0.1) is 10.9 Å². The van der Waals surface area contributed by atoms with E-state index in [1.165, 1.54) is 4.57 Å². The summed E-state index contributed by atoms with van der Waals surface area (Å²) in [5.41, 5.74) is 0.113. The van der Waals surface area contributed by atoms with E-state index in [0.717, 1.165) is 4.57 Å². The zero-order chi connectivity index (χ0) is 23.1. The van der Waals surface area contributed by atoms with Gasteiger partial charge in [0.15, 0.2) is 0 Å². The number of carbonyl (C=O) groups excluding carboxylic acids is 2. The summed E-state index contributed by atoms with van der Waals surface area (Å²) in [6.45, 7) is 3.75. The number of nitrogens with zero attached hydrogens (tertiary/aromatic N) is 2. The quantitative estimate of drug-likeness (QED) is 0.503. The SMILES string of the molecule is CC(C)NC(=O)CCCCn1c(=O)c2ccccc2n(CC(=O)Nc2ccccc2)c1=O. The Kier molecular flexibility index (Phi) is 7.59. The van der Waals surface area contributed by atoms with Crippen molar-refractivity contribution in [3.05, 3.63) is 75.4 Å². The highest BCUT2D eigenvalue weighted by Crippen LogP contribution is 2.10. The predicted octanol–water partition coefficient (Wildman–Crippen LogP) is 2.50. The summed E-state index contributed by atoms with van der Waals surface area (Å²) in [4.78, 5) is 50.5. The highest BCUT2D eigenvalue weighted by Gasteiger charge is 2.15. The first-order chi connectivity index (χ1) is 15.4. The lowest BCUT2D eigenvalue weighted by Gasteiger charge is -2.14. The van der Waals surface area contributed by atoms with Gasteiger partial charge in [-0.15, -0.1) is 0 Å². The van der Waals surface area contributed by atoms with Crippen LogP contribution in [0, 0.1) is 0 Å². The van der Waals surface area contributed by atoms with Crippen LogP contribution >= 0.6 is 0 Å². The number of fused-ring (bicyclic) bond motifs is 1. The second kappa shape index (κ2) is 10.6. The number of unbranched alkanes of at least 4 members (excludes halogenated alkanes) is 1. The van der Waals surface area contributed by atoms with Gasteiger partial charge in [0.1, 0.15) is 6.54 Å². The molecule has 0 atom stereocenters. The molecule has 0 radical (unpaired) electrons. The van der Waals surface area contributed by atoms with E-state index in [1.807, 2.05) is 19.9 Å². The zero-order valence-electron chi connectivity index (χ0n) is 18.3. The number of carbonyl (C=O) groups is 2. The molecule has 0 saturated carbocycles. The number of amides is 2. The van der Waals surface area contributed by atoms with E-state index in [1.54, 1.807) is 48.5 Å². The van der Waals surface area contributed by atoms with Crippen molar-refractivity contribution in [3.63, 3.8) is 0 Å². The Labute approximate surface area is 185 Å². The molecule has 8 heteroatoms. The number of rotatable bonds is 9. The van der Waals surface area contributed by atoms with Gasteiger partial charge in [0.25, 0.3) is 5.56 Å². The van der Waals surface area contributed by atoms with Crippen molar-refractivity contribution in [3.8, 4) is 0 Å². The third kappa shape index (κ3) is 5.72. The van der Waals surface area contributed by atoms with E-state index in [2.05, 4.69) is 10.6 Å². The Hall–Kier alpha value is -3.68. The van der Waals surface area contributed by atoms with Crippen LogP contribution in [0.3, 0.4) is 0 Å². The van der Waals surface area contributed by atoms with Crippen LogP contribution in [0.2, 0.25) is 0 Å². The Morgan fingerprint density at radius 1 is 0.875 bits per heavy atom.